The summed E-state index contributed by atoms with van der Waals surface area (Å²) >= 11 is 0. The molecule has 2 aliphatic rings. The molecule has 1 saturated heterocycles. The standard InChI is InChI=1S/C15H21N5/c16-11-1-4-13-14(9-11)18-15(17-13)10-19-5-7-20(8-6-19)12-2-3-12/h1,4,9,12H,2-3,5-8,10,16H2,(H,17,18). The third-order valence-corrected chi connectivity index (χ3v) is 4.40. The van der Waals surface area contributed by atoms with Crippen LogP contribution >= 0.6 is 0 Å². The summed E-state index contributed by atoms with van der Waals surface area (Å²) in [4.78, 5) is 13.2. The summed E-state index contributed by atoms with van der Waals surface area (Å²) in [6.45, 7) is 5.62. The zero-order valence-corrected chi connectivity index (χ0v) is 11.7. The smallest absolute Gasteiger partial charge is 0.121 e. The quantitative estimate of drug-likeness (QED) is 0.829. The number of nitrogens with zero attached hydrogens (tertiary/aromatic N) is 3. The Morgan fingerprint density at radius 2 is 2.00 bits per heavy atom. The molecule has 0 spiro atoms. The number of aromatic nitrogens is 2. The van der Waals surface area contributed by atoms with Crippen LogP contribution in [-0.2, 0) is 6.54 Å². The van der Waals surface area contributed by atoms with E-state index in [-0.39, 0.29) is 0 Å². The molecular weight excluding hydrogens is 250 g/mol. The van der Waals surface area contributed by atoms with Crippen molar-refractivity contribution in [2.75, 3.05) is 31.9 Å². The van der Waals surface area contributed by atoms with Crippen molar-refractivity contribution >= 4 is 16.7 Å². The first-order valence-corrected chi connectivity index (χ1v) is 7.48. The Morgan fingerprint density at radius 1 is 1.20 bits per heavy atom. The van der Waals surface area contributed by atoms with Gasteiger partial charge in [-0.3, -0.25) is 9.80 Å². The molecular formula is C15H21N5. The van der Waals surface area contributed by atoms with E-state index in [9.17, 15) is 0 Å². The molecule has 1 aliphatic heterocycles. The van der Waals surface area contributed by atoms with Crippen molar-refractivity contribution in [3.8, 4) is 0 Å². The van der Waals surface area contributed by atoms with Gasteiger partial charge in [-0.15, -0.1) is 0 Å². The number of H-pyrrole nitrogens is 1. The van der Waals surface area contributed by atoms with E-state index in [0.717, 1.165) is 48.2 Å². The number of nitrogens with two attached hydrogens (primary N) is 1. The van der Waals surface area contributed by atoms with E-state index < -0.39 is 0 Å². The van der Waals surface area contributed by atoms with Crippen molar-refractivity contribution in [3.05, 3.63) is 24.0 Å². The molecule has 3 N–H and O–H groups in total. The highest BCUT2D eigenvalue weighted by atomic mass is 15.3. The Labute approximate surface area is 118 Å². The van der Waals surface area contributed by atoms with E-state index in [4.69, 9.17) is 5.73 Å². The highest BCUT2D eigenvalue weighted by molar-refractivity contribution is 5.78. The second-order valence-corrected chi connectivity index (χ2v) is 6.00. The fourth-order valence-electron chi connectivity index (χ4n) is 3.09. The molecule has 0 atom stereocenters. The highest BCUT2D eigenvalue weighted by Crippen LogP contribution is 2.27. The minimum absolute atomic E-state index is 0.783. The van der Waals surface area contributed by atoms with Crippen LogP contribution in [0.1, 0.15) is 18.7 Å². The molecule has 1 aliphatic carbocycles. The lowest BCUT2D eigenvalue weighted by Gasteiger charge is -2.34. The molecule has 5 heteroatoms. The average molecular weight is 271 g/mol. The Bertz CT molecular complexity index is 608. The number of benzene rings is 1. The molecule has 0 radical (unpaired) electrons. The van der Waals surface area contributed by atoms with Crippen molar-refractivity contribution < 1.29 is 0 Å². The Balaban J connectivity index is 1.42. The number of nitrogens with one attached hydrogen (secondary N) is 1. The number of hydrogen-bond acceptors (Lipinski definition) is 4. The summed E-state index contributed by atoms with van der Waals surface area (Å²) in [5.74, 6) is 1.05. The van der Waals surface area contributed by atoms with E-state index in [1.807, 2.05) is 18.2 Å². The van der Waals surface area contributed by atoms with Gasteiger partial charge in [0.05, 0.1) is 17.6 Å². The first-order valence-electron chi connectivity index (χ1n) is 7.48. The fraction of sp³-hybridized carbons (Fsp3) is 0.533. The lowest BCUT2D eigenvalue weighted by atomic mass is 10.3. The summed E-state index contributed by atoms with van der Waals surface area (Å²) in [7, 11) is 0. The Hall–Kier alpha value is -1.59. The topological polar surface area (TPSA) is 61.2 Å². The van der Waals surface area contributed by atoms with Crippen LogP contribution in [0.4, 0.5) is 5.69 Å². The predicted molar refractivity (Wildman–Crippen MR) is 80.4 cm³/mol. The number of imidazole rings is 1. The van der Waals surface area contributed by atoms with Crippen molar-refractivity contribution in [1.29, 1.82) is 0 Å². The van der Waals surface area contributed by atoms with Gasteiger partial charge in [0, 0.05) is 37.9 Å². The first kappa shape index (κ1) is 12.2. The van der Waals surface area contributed by atoms with Gasteiger partial charge in [-0.25, -0.2) is 4.98 Å². The molecule has 1 saturated carbocycles. The van der Waals surface area contributed by atoms with Crippen LogP contribution in [-0.4, -0.2) is 52.0 Å². The summed E-state index contributed by atoms with van der Waals surface area (Å²) in [6, 6.07) is 6.74. The molecule has 1 aromatic heterocycles. The SMILES string of the molecule is Nc1ccc2nc(CN3CCN(C4CC4)CC3)[nH]c2c1. The summed E-state index contributed by atoms with van der Waals surface area (Å²) in [6.07, 6.45) is 2.82. The fourth-order valence-corrected chi connectivity index (χ4v) is 3.09. The van der Waals surface area contributed by atoms with E-state index in [2.05, 4.69) is 19.8 Å². The van der Waals surface area contributed by atoms with Gasteiger partial charge in [-0.1, -0.05) is 0 Å². The lowest BCUT2D eigenvalue weighted by molar-refractivity contribution is 0.119. The molecule has 4 rings (SSSR count). The minimum atomic E-state index is 0.783. The maximum Gasteiger partial charge on any atom is 0.121 e. The number of anilines is 1. The number of aromatic amines is 1. The number of hydrogen-bond donors (Lipinski definition) is 2. The normalized spacial score (nSPS) is 21.6. The zero-order chi connectivity index (χ0) is 13.5. The van der Waals surface area contributed by atoms with Crippen molar-refractivity contribution in [1.82, 2.24) is 19.8 Å². The maximum atomic E-state index is 5.80. The molecule has 2 aromatic rings. The highest BCUT2D eigenvalue weighted by Gasteiger charge is 2.31. The molecule has 20 heavy (non-hydrogen) atoms. The van der Waals surface area contributed by atoms with E-state index in [1.165, 1.54) is 25.9 Å². The first-order chi connectivity index (χ1) is 9.78. The van der Waals surface area contributed by atoms with Crippen molar-refractivity contribution in [2.45, 2.75) is 25.4 Å². The maximum absolute atomic E-state index is 5.80. The molecule has 2 fully saturated rings. The van der Waals surface area contributed by atoms with E-state index in [1.54, 1.807) is 0 Å². The Kier molecular flexibility index (Phi) is 2.89. The number of piperazine rings is 1. The lowest BCUT2D eigenvalue weighted by Crippen LogP contribution is -2.46. The molecule has 1 aromatic carbocycles. The van der Waals surface area contributed by atoms with Gasteiger partial charge in [0.15, 0.2) is 0 Å². The van der Waals surface area contributed by atoms with Crippen LogP contribution in [0.3, 0.4) is 0 Å². The average Bonchev–Trinajstić information content (AvgIpc) is 3.21. The van der Waals surface area contributed by atoms with Crippen LogP contribution < -0.4 is 5.73 Å². The predicted octanol–water partition coefficient (Wildman–Crippen LogP) is 1.43. The molecule has 0 unspecified atom stereocenters. The third-order valence-electron chi connectivity index (χ3n) is 4.40. The summed E-state index contributed by atoms with van der Waals surface area (Å²) in [5.41, 5.74) is 8.63. The third kappa shape index (κ3) is 2.39. The van der Waals surface area contributed by atoms with Gasteiger partial charge in [-0.2, -0.15) is 0 Å². The second kappa shape index (κ2) is 4.75. The second-order valence-electron chi connectivity index (χ2n) is 6.00. The van der Waals surface area contributed by atoms with Crippen LogP contribution in [0, 0.1) is 0 Å². The van der Waals surface area contributed by atoms with Crippen LogP contribution in [0.15, 0.2) is 18.2 Å². The van der Waals surface area contributed by atoms with Crippen LogP contribution in [0.25, 0.3) is 11.0 Å². The van der Waals surface area contributed by atoms with Crippen LogP contribution in [0.2, 0.25) is 0 Å². The summed E-state index contributed by atoms with van der Waals surface area (Å²) in [5, 5.41) is 0. The number of nitrogen functional groups attached to an aromatic ring is 1. The molecule has 0 bridgehead atoms. The van der Waals surface area contributed by atoms with Gasteiger partial charge in [0.2, 0.25) is 0 Å². The van der Waals surface area contributed by atoms with Crippen molar-refractivity contribution in [3.63, 3.8) is 0 Å². The van der Waals surface area contributed by atoms with Gasteiger partial charge < -0.3 is 10.7 Å². The monoisotopic (exact) mass is 271 g/mol. The number of fused-ring (bicyclic) bond motifs is 1. The van der Waals surface area contributed by atoms with Gasteiger partial charge in [0.1, 0.15) is 5.82 Å². The Morgan fingerprint density at radius 3 is 2.75 bits per heavy atom. The molecule has 106 valence electrons. The molecule has 5 nitrogen and oxygen atoms in total. The van der Waals surface area contributed by atoms with Gasteiger partial charge >= 0.3 is 0 Å². The van der Waals surface area contributed by atoms with E-state index >= 15 is 0 Å². The zero-order valence-electron chi connectivity index (χ0n) is 11.7. The summed E-state index contributed by atoms with van der Waals surface area (Å²) < 4.78 is 0. The van der Waals surface area contributed by atoms with Gasteiger partial charge in [-0.05, 0) is 31.0 Å². The molecule has 0 amide bonds. The number of rotatable bonds is 3. The van der Waals surface area contributed by atoms with Crippen molar-refractivity contribution in [2.24, 2.45) is 0 Å². The van der Waals surface area contributed by atoms with E-state index in [0.29, 0.717) is 0 Å². The van der Waals surface area contributed by atoms with Gasteiger partial charge in [0.25, 0.3) is 0 Å². The van der Waals surface area contributed by atoms with Crippen LogP contribution in [0.5, 0.6) is 0 Å². The largest absolute Gasteiger partial charge is 0.399 e. The molecule has 2 heterocycles. The minimum Gasteiger partial charge on any atom is -0.399 e.